The highest BCUT2D eigenvalue weighted by Gasteiger charge is 2.13. The number of benzene rings is 1. The fraction of sp³-hybridized carbons (Fsp3) is 0.500. The van der Waals surface area contributed by atoms with E-state index >= 15 is 0 Å². The molecule has 3 N–H and O–H groups in total. The fourth-order valence-electron chi connectivity index (χ4n) is 1.73. The van der Waals surface area contributed by atoms with Crippen LogP contribution in [-0.4, -0.2) is 27.8 Å². The van der Waals surface area contributed by atoms with E-state index in [0.717, 1.165) is 5.56 Å². The standard InChI is InChI=1S/C14H22N2O4S/c1-12(13-8-4-2-5-9-13)20-14(18)16-21(15,19)11-7-3-6-10-17/h2,4-5,8-9,12,17H,3,6-7,10-11H2,1H3,(H2,15,16,18,19)/t12-,21?/m0/s1. The first kappa shape index (κ1) is 17.6. The van der Waals surface area contributed by atoms with Crippen molar-refractivity contribution in [3.63, 3.8) is 0 Å². The Labute approximate surface area is 125 Å². The molecule has 0 bridgehead atoms. The first-order chi connectivity index (χ1) is 9.94. The van der Waals surface area contributed by atoms with E-state index < -0.39 is 22.1 Å². The summed E-state index contributed by atoms with van der Waals surface area (Å²) in [5.74, 6) is 0.113. The van der Waals surface area contributed by atoms with E-state index in [9.17, 15) is 9.00 Å². The first-order valence-electron chi connectivity index (χ1n) is 6.83. The van der Waals surface area contributed by atoms with Crippen LogP contribution in [-0.2, 0) is 14.7 Å². The molecule has 0 aliphatic heterocycles. The molecule has 1 aromatic carbocycles. The SMILES string of the molecule is C[C@H](OC(=O)N=S(N)(=O)CCCCCO)c1ccccc1. The summed E-state index contributed by atoms with van der Waals surface area (Å²) >= 11 is 0. The smallest absolute Gasteiger partial charge is 0.440 e. The zero-order valence-corrected chi connectivity index (χ0v) is 12.9. The second-order valence-electron chi connectivity index (χ2n) is 4.71. The second kappa shape index (κ2) is 8.76. The number of amides is 1. The van der Waals surface area contributed by atoms with Crippen molar-refractivity contribution < 1.29 is 18.8 Å². The van der Waals surface area contributed by atoms with Crippen molar-refractivity contribution in [1.82, 2.24) is 0 Å². The summed E-state index contributed by atoms with van der Waals surface area (Å²) in [6, 6.07) is 9.19. The Bertz CT molecular complexity index is 553. The highest BCUT2D eigenvalue weighted by Crippen LogP contribution is 2.16. The molecule has 0 heterocycles. The number of carbonyl (C=O) groups excluding carboxylic acids is 1. The molecule has 0 aliphatic carbocycles. The average molecular weight is 314 g/mol. The number of aliphatic hydroxyl groups excluding tert-OH is 1. The maximum absolute atomic E-state index is 11.9. The van der Waals surface area contributed by atoms with Gasteiger partial charge in [0.15, 0.2) is 0 Å². The van der Waals surface area contributed by atoms with Gasteiger partial charge in [0.25, 0.3) is 0 Å². The number of rotatable bonds is 7. The van der Waals surface area contributed by atoms with Gasteiger partial charge in [-0.3, -0.25) is 0 Å². The normalized spacial score (nSPS) is 15.0. The number of hydrogen-bond acceptors (Lipinski definition) is 4. The van der Waals surface area contributed by atoms with Crippen LogP contribution in [0.3, 0.4) is 0 Å². The van der Waals surface area contributed by atoms with Crippen molar-refractivity contribution in [3.05, 3.63) is 35.9 Å². The van der Waals surface area contributed by atoms with Crippen LogP contribution in [0, 0.1) is 0 Å². The van der Waals surface area contributed by atoms with Gasteiger partial charge in [-0.1, -0.05) is 36.8 Å². The van der Waals surface area contributed by atoms with E-state index in [-0.39, 0.29) is 12.4 Å². The third-order valence-electron chi connectivity index (χ3n) is 2.87. The van der Waals surface area contributed by atoms with Gasteiger partial charge >= 0.3 is 6.09 Å². The van der Waals surface area contributed by atoms with E-state index in [1.54, 1.807) is 6.92 Å². The average Bonchev–Trinajstić information content (AvgIpc) is 2.44. The Morgan fingerprint density at radius 1 is 1.33 bits per heavy atom. The summed E-state index contributed by atoms with van der Waals surface area (Å²) in [6.45, 7) is 1.79. The summed E-state index contributed by atoms with van der Waals surface area (Å²) in [5, 5.41) is 14.2. The molecule has 0 fully saturated rings. The van der Waals surface area contributed by atoms with Crippen LogP contribution < -0.4 is 5.14 Å². The van der Waals surface area contributed by atoms with Gasteiger partial charge in [-0.2, -0.15) is 0 Å². The minimum absolute atomic E-state index is 0.0829. The molecule has 7 heteroatoms. The summed E-state index contributed by atoms with van der Waals surface area (Å²) in [6.07, 6.45) is 0.453. The Kier molecular flexibility index (Phi) is 7.35. The predicted molar refractivity (Wildman–Crippen MR) is 81.9 cm³/mol. The van der Waals surface area contributed by atoms with Gasteiger partial charge in [0, 0.05) is 12.4 Å². The molecular formula is C14H22N2O4S. The summed E-state index contributed by atoms with van der Waals surface area (Å²) in [5.41, 5.74) is 0.826. The molecule has 21 heavy (non-hydrogen) atoms. The van der Waals surface area contributed by atoms with Gasteiger partial charge in [0.05, 0.1) is 0 Å². The number of ether oxygens (including phenoxy) is 1. The van der Waals surface area contributed by atoms with Crippen LogP contribution in [0.2, 0.25) is 0 Å². The van der Waals surface area contributed by atoms with Crippen LogP contribution in [0.5, 0.6) is 0 Å². The largest absolute Gasteiger partial charge is 0.443 e. The topological polar surface area (TPSA) is 102 Å². The van der Waals surface area contributed by atoms with Gasteiger partial charge in [-0.25, -0.2) is 14.1 Å². The highest BCUT2D eigenvalue weighted by atomic mass is 32.2. The summed E-state index contributed by atoms with van der Waals surface area (Å²) in [4.78, 5) is 11.6. The Balaban J connectivity index is 2.54. The van der Waals surface area contributed by atoms with Gasteiger partial charge in [-0.05, 0) is 25.3 Å². The predicted octanol–water partition coefficient (Wildman–Crippen LogP) is 2.39. The van der Waals surface area contributed by atoms with E-state index in [1.165, 1.54) is 0 Å². The zero-order chi connectivity index (χ0) is 15.7. The Morgan fingerprint density at radius 2 is 2.00 bits per heavy atom. The summed E-state index contributed by atoms with van der Waals surface area (Å²) in [7, 11) is -3.07. The molecule has 0 aliphatic rings. The number of hydrogen-bond donors (Lipinski definition) is 2. The molecule has 1 rings (SSSR count). The quantitative estimate of drug-likeness (QED) is 0.754. The van der Waals surface area contributed by atoms with Gasteiger partial charge < -0.3 is 9.84 Å². The minimum atomic E-state index is -3.07. The van der Waals surface area contributed by atoms with Crippen molar-refractivity contribution in [3.8, 4) is 0 Å². The molecule has 0 spiro atoms. The maximum Gasteiger partial charge on any atom is 0.443 e. The van der Waals surface area contributed by atoms with E-state index in [4.69, 9.17) is 15.0 Å². The number of nitrogens with zero attached hydrogens (tertiary/aromatic N) is 1. The van der Waals surface area contributed by atoms with Crippen LogP contribution >= 0.6 is 0 Å². The van der Waals surface area contributed by atoms with Gasteiger partial charge in [-0.15, -0.1) is 4.36 Å². The highest BCUT2D eigenvalue weighted by molar-refractivity contribution is 7.91. The lowest BCUT2D eigenvalue weighted by Crippen LogP contribution is -2.19. The van der Waals surface area contributed by atoms with Crippen molar-refractivity contribution in [2.45, 2.75) is 32.3 Å². The molecule has 0 aromatic heterocycles. The molecule has 118 valence electrons. The zero-order valence-electron chi connectivity index (χ0n) is 12.1. The molecular weight excluding hydrogens is 292 g/mol. The van der Waals surface area contributed by atoms with Crippen molar-refractivity contribution >= 4 is 16.0 Å². The number of aliphatic hydroxyl groups is 1. The lowest BCUT2D eigenvalue weighted by molar-refractivity contribution is 0.117. The van der Waals surface area contributed by atoms with Crippen molar-refractivity contribution in [2.24, 2.45) is 9.50 Å². The molecule has 1 unspecified atom stereocenters. The molecule has 0 radical (unpaired) electrons. The second-order valence-corrected chi connectivity index (χ2v) is 6.68. The minimum Gasteiger partial charge on any atom is -0.440 e. The molecule has 1 aromatic rings. The third kappa shape index (κ3) is 7.22. The number of carbonyl (C=O) groups is 1. The van der Waals surface area contributed by atoms with Gasteiger partial charge in [0.2, 0.25) is 0 Å². The fourth-order valence-corrected chi connectivity index (χ4v) is 2.74. The first-order valence-corrected chi connectivity index (χ1v) is 8.58. The lowest BCUT2D eigenvalue weighted by Gasteiger charge is -2.11. The monoisotopic (exact) mass is 314 g/mol. The number of nitrogens with two attached hydrogens (primary N) is 1. The van der Waals surface area contributed by atoms with Gasteiger partial charge in [0.1, 0.15) is 16.0 Å². The summed E-state index contributed by atoms with van der Waals surface area (Å²) < 4.78 is 20.5. The number of unbranched alkanes of at least 4 members (excludes halogenated alkanes) is 2. The molecule has 1 amide bonds. The van der Waals surface area contributed by atoms with E-state index in [0.29, 0.717) is 19.3 Å². The van der Waals surface area contributed by atoms with E-state index in [1.807, 2.05) is 30.3 Å². The third-order valence-corrected chi connectivity index (χ3v) is 4.20. The maximum atomic E-state index is 11.9. The van der Waals surface area contributed by atoms with Crippen LogP contribution in [0.15, 0.2) is 34.7 Å². The van der Waals surface area contributed by atoms with Crippen molar-refractivity contribution in [2.75, 3.05) is 12.4 Å². The Hall–Kier alpha value is -1.44. The van der Waals surface area contributed by atoms with Crippen LogP contribution in [0.1, 0.15) is 37.9 Å². The lowest BCUT2D eigenvalue weighted by atomic mass is 10.1. The van der Waals surface area contributed by atoms with Crippen molar-refractivity contribution in [1.29, 1.82) is 0 Å². The molecule has 6 nitrogen and oxygen atoms in total. The van der Waals surface area contributed by atoms with E-state index in [2.05, 4.69) is 4.36 Å². The molecule has 0 saturated heterocycles. The van der Waals surface area contributed by atoms with Crippen LogP contribution in [0.4, 0.5) is 4.79 Å². The molecule has 0 saturated carbocycles. The van der Waals surface area contributed by atoms with Crippen LogP contribution in [0.25, 0.3) is 0 Å². The Morgan fingerprint density at radius 3 is 2.62 bits per heavy atom. The molecule has 2 atom stereocenters.